The van der Waals surface area contributed by atoms with Gasteiger partial charge >= 0.3 is 0 Å². The molecular formula is C16H20N4O. The van der Waals surface area contributed by atoms with Crippen molar-refractivity contribution in [2.24, 2.45) is 5.73 Å². The highest BCUT2D eigenvalue weighted by molar-refractivity contribution is 5.91. The molecule has 0 saturated heterocycles. The van der Waals surface area contributed by atoms with Crippen molar-refractivity contribution in [3.8, 4) is 0 Å². The van der Waals surface area contributed by atoms with Gasteiger partial charge in [-0.1, -0.05) is 18.2 Å². The molecule has 1 aliphatic carbocycles. The number of hydrogen-bond acceptors (Lipinski definition) is 3. The quantitative estimate of drug-likeness (QED) is 0.854. The minimum atomic E-state index is -0.0145. The fraction of sp³-hybridized carbons (Fsp3) is 0.375. The topological polar surface area (TPSA) is 72.9 Å². The van der Waals surface area contributed by atoms with Gasteiger partial charge in [0.1, 0.15) is 0 Å². The number of nitrogens with one attached hydrogen (secondary N) is 1. The lowest BCUT2D eigenvalue weighted by Crippen LogP contribution is -2.16. The lowest BCUT2D eigenvalue weighted by Gasteiger charge is -2.09. The highest BCUT2D eigenvalue weighted by atomic mass is 16.1. The van der Waals surface area contributed by atoms with E-state index in [-0.39, 0.29) is 5.91 Å². The Balaban J connectivity index is 1.53. The summed E-state index contributed by atoms with van der Waals surface area (Å²) in [6, 6.07) is 9.66. The Labute approximate surface area is 124 Å². The van der Waals surface area contributed by atoms with E-state index >= 15 is 0 Å². The van der Waals surface area contributed by atoms with Gasteiger partial charge in [-0.25, -0.2) is 0 Å². The maximum absolute atomic E-state index is 12.0. The standard InChI is InChI=1S/C16H20N4O/c17-11-13-3-1-2-4-14(13)18-16(21)8-10-20-9-7-15(19-20)12-5-6-12/h1-4,7,9,12H,5-6,8,10-11,17H2,(H,18,21). The molecule has 1 fully saturated rings. The van der Waals surface area contributed by atoms with Gasteiger partial charge in [-0.05, 0) is 30.5 Å². The molecule has 21 heavy (non-hydrogen) atoms. The van der Waals surface area contributed by atoms with Crippen molar-refractivity contribution in [3.05, 3.63) is 47.8 Å². The molecule has 1 aromatic carbocycles. The Morgan fingerprint density at radius 1 is 1.33 bits per heavy atom. The van der Waals surface area contributed by atoms with Crippen LogP contribution < -0.4 is 11.1 Å². The summed E-state index contributed by atoms with van der Waals surface area (Å²) in [5.74, 6) is 0.635. The van der Waals surface area contributed by atoms with E-state index in [0.717, 1.165) is 16.9 Å². The fourth-order valence-corrected chi connectivity index (χ4v) is 2.35. The van der Waals surface area contributed by atoms with Crippen molar-refractivity contribution < 1.29 is 4.79 Å². The van der Waals surface area contributed by atoms with Crippen LogP contribution in [0.25, 0.3) is 0 Å². The lowest BCUT2D eigenvalue weighted by atomic mass is 10.2. The van der Waals surface area contributed by atoms with Crippen LogP contribution in [0.15, 0.2) is 36.5 Å². The smallest absolute Gasteiger partial charge is 0.226 e. The van der Waals surface area contributed by atoms with Crippen LogP contribution in [0.5, 0.6) is 0 Å². The number of aryl methyl sites for hydroxylation is 1. The van der Waals surface area contributed by atoms with Gasteiger partial charge in [0.2, 0.25) is 5.91 Å². The third-order valence-electron chi connectivity index (χ3n) is 3.74. The van der Waals surface area contributed by atoms with Crippen LogP contribution in [0.2, 0.25) is 0 Å². The van der Waals surface area contributed by atoms with Crippen molar-refractivity contribution in [3.63, 3.8) is 0 Å². The molecule has 5 nitrogen and oxygen atoms in total. The van der Waals surface area contributed by atoms with Gasteiger partial charge in [0, 0.05) is 37.3 Å². The van der Waals surface area contributed by atoms with E-state index in [0.29, 0.717) is 25.4 Å². The average molecular weight is 284 g/mol. The zero-order chi connectivity index (χ0) is 14.7. The summed E-state index contributed by atoms with van der Waals surface area (Å²) >= 11 is 0. The summed E-state index contributed by atoms with van der Waals surface area (Å²) in [5, 5.41) is 7.42. The molecule has 2 aromatic rings. The first-order chi connectivity index (χ1) is 10.3. The summed E-state index contributed by atoms with van der Waals surface area (Å²) in [4.78, 5) is 12.0. The maximum atomic E-state index is 12.0. The molecule has 1 aromatic heterocycles. The second-order valence-corrected chi connectivity index (χ2v) is 5.44. The second kappa shape index (κ2) is 6.10. The highest BCUT2D eigenvalue weighted by Gasteiger charge is 2.25. The van der Waals surface area contributed by atoms with Gasteiger partial charge in [0.15, 0.2) is 0 Å². The van der Waals surface area contributed by atoms with E-state index in [9.17, 15) is 4.79 Å². The van der Waals surface area contributed by atoms with Crippen LogP contribution >= 0.6 is 0 Å². The van der Waals surface area contributed by atoms with Crippen molar-refractivity contribution in [2.75, 3.05) is 5.32 Å². The number of anilines is 1. The summed E-state index contributed by atoms with van der Waals surface area (Å²) in [5.41, 5.74) is 8.56. The molecule has 5 heteroatoms. The van der Waals surface area contributed by atoms with Crippen LogP contribution in [-0.4, -0.2) is 15.7 Å². The number of carbonyl (C=O) groups is 1. The zero-order valence-electron chi connectivity index (χ0n) is 12.0. The number of amides is 1. The van der Waals surface area contributed by atoms with Crippen molar-refractivity contribution in [1.29, 1.82) is 0 Å². The molecule has 0 unspecified atom stereocenters. The van der Waals surface area contributed by atoms with E-state index in [4.69, 9.17) is 5.73 Å². The number of nitrogens with two attached hydrogens (primary N) is 1. The monoisotopic (exact) mass is 284 g/mol. The Hall–Kier alpha value is -2.14. The van der Waals surface area contributed by atoms with Gasteiger partial charge in [-0.3, -0.25) is 9.48 Å². The van der Waals surface area contributed by atoms with Crippen molar-refractivity contribution in [2.45, 2.75) is 38.3 Å². The first kappa shape index (κ1) is 13.8. The predicted molar refractivity (Wildman–Crippen MR) is 81.8 cm³/mol. The summed E-state index contributed by atoms with van der Waals surface area (Å²) in [7, 11) is 0. The minimum absolute atomic E-state index is 0.0145. The molecule has 0 aliphatic heterocycles. The molecule has 0 atom stereocenters. The third-order valence-corrected chi connectivity index (χ3v) is 3.74. The van der Waals surface area contributed by atoms with E-state index in [1.807, 2.05) is 35.1 Å². The minimum Gasteiger partial charge on any atom is -0.326 e. The van der Waals surface area contributed by atoms with E-state index in [2.05, 4.69) is 16.5 Å². The molecular weight excluding hydrogens is 264 g/mol. The normalized spacial score (nSPS) is 14.1. The summed E-state index contributed by atoms with van der Waals surface area (Å²) in [6.45, 7) is 1.02. The molecule has 1 amide bonds. The van der Waals surface area contributed by atoms with Crippen molar-refractivity contribution in [1.82, 2.24) is 9.78 Å². The summed E-state index contributed by atoms with van der Waals surface area (Å²) < 4.78 is 1.85. The van der Waals surface area contributed by atoms with Crippen LogP contribution in [-0.2, 0) is 17.9 Å². The van der Waals surface area contributed by atoms with E-state index < -0.39 is 0 Å². The second-order valence-electron chi connectivity index (χ2n) is 5.44. The van der Waals surface area contributed by atoms with Gasteiger partial charge < -0.3 is 11.1 Å². The molecule has 110 valence electrons. The van der Waals surface area contributed by atoms with Gasteiger partial charge in [-0.15, -0.1) is 0 Å². The predicted octanol–water partition coefficient (Wildman–Crippen LogP) is 2.25. The lowest BCUT2D eigenvalue weighted by molar-refractivity contribution is -0.116. The summed E-state index contributed by atoms with van der Waals surface area (Å²) in [6.07, 6.45) is 4.85. The Morgan fingerprint density at radius 2 is 2.14 bits per heavy atom. The van der Waals surface area contributed by atoms with Crippen LogP contribution in [0.1, 0.15) is 36.4 Å². The Kier molecular flexibility index (Phi) is 4.01. The largest absolute Gasteiger partial charge is 0.326 e. The van der Waals surface area contributed by atoms with Crippen molar-refractivity contribution >= 4 is 11.6 Å². The Bertz CT molecular complexity index is 631. The Morgan fingerprint density at radius 3 is 2.90 bits per heavy atom. The first-order valence-electron chi connectivity index (χ1n) is 7.37. The molecule has 0 spiro atoms. The van der Waals surface area contributed by atoms with Gasteiger partial charge in [-0.2, -0.15) is 5.10 Å². The molecule has 1 saturated carbocycles. The van der Waals surface area contributed by atoms with Crippen LogP contribution in [0.4, 0.5) is 5.69 Å². The SMILES string of the molecule is NCc1ccccc1NC(=O)CCn1ccc(C2CC2)n1. The average Bonchev–Trinajstić information content (AvgIpc) is 3.25. The maximum Gasteiger partial charge on any atom is 0.226 e. The molecule has 1 aliphatic rings. The van der Waals surface area contributed by atoms with E-state index in [1.54, 1.807) is 0 Å². The van der Waals surface area contributed by atoms with Crippen LogP contribution in [0, 0.1) is 0 Å². The number of aromatic nitrogens is 2. The molecule has 3 N–H and O–H groups in total. The fourth-order valence-electron chi connectivity index (χ4n) is 2.35. The molecule has 1 heterocycles. The van der Waals surface area contributed by atoms with E-state index in [1.165, 1.54) is 12.8 Å². The van der Waals surface area contributed by atoms with Crippen LogP contribution in [0.3, 0.4) is 0 Å². The highest BCUT2D eigenvalue weighted by Crippen LogP contribution is 2.38. The number of nitrogens with zero attached hydrogens (tertiary/aromatic N) is 2. The zero-order valence-corrected chi connectivity index (χ0v) is 12.0. The molecule has 0 radical (unpaired) electrons. The third kappa shape index (κ3) is 3.49. The molecule has 0 bridgehead atoms. The number of carbonyl (C=O) groups excluding carboxylic acids is 1. The number of benzene rings is 1. The first-order valence-corrected chi connectivity index (χ1v) is 7.37. The molecule has 3 rings (SSSR count). The van der Waals surface area contributed by atoms with Gasteiger partial charge in [0.25, 0.3) is 0 Å². The van der Waals surface area contributed by atoms with Gasteiger partial charge in [0.05, 0.1) is 5.69 Å². The number of para-hydroxylation sites is 1. The number of rotatable bonds is 6. The number of hydrogen-bond donors (Lipinski definition) is 2.